The van der Waals surface area contributed by atoms with Crippen molar-refractivity contribution in [2.75, 3.05) is 19.6 Å². The predicted octanol–water partition coefficient (Wildman–Crippen LogP) is 1.85. The molecule has 0 spiro atoms. The van der Waals surface area contributed by atoms with Crippen molar-refractivity contribution in [2.45, 2.75) is 39.8 Å². The SMILES string of the molecule is CCNC(=NCc1ccc(-n2ccnc2)nc1)NCCNC(=O)OC(C)(C)C. The van der Waals surface area contributed by atoms with E-state index in [-0.39, 0.29) is 0 Å². The van der Waals surface area contributed by atoms with Crippen molar-refractivity contribution in [2.24, 2.45) is 4.99 Å². The van der Waals surface area contributed by atoms with Crippen molar-refractivity contribution in [3.8, 4) is 5.82 Å². The van der Waals surface area contributed by atoms with E-state index in [1.54, 1.807) is 18.7 Å². The summed E-state index contributed by atoms with van der Waals surface area (Å²) in [5.41, 5.74) is 0.489. The first-order valence-electron chi connectivity index (χ1n) is 9.29. The Morgan fingerprint density at radius 2 is 2.00 bits per heavy atom. The topological polar surface area (TPSA) is 105 Å². The molecule has 0 bridgehead atoms. The first-order chi connectivity index (χ1) is 13.4. The number of hydrogen-bond acceptors (Lipinski definition) is 5. The number of aromatic nitrogens is 3. The van der Waals surface area contributed by atoms with Crippen molar-refractivity contribution >= 4 is 12.1 Å². The first kappa shape index (κ1) is 21.2. The minimum Gasteiger partial charge on any atom is -0.444 e. The van der Waals surface area contributed by atoms with Gasteiger partial charge in [-0.1, -0.05) is 6.07 Å². The molecule has 2 aromatic rings. The molecule has 152 valence electrons. The van der Waals surface area contributed by atoms with Crippen molar-refractivity contribution in [3.05, 3.63) is 42.6 Å². The molecule has 2 aromatic heterocycles. The molecule has 9 heteroatoms. The molecule has 2 heterocycles. The maximum atomic E-state index is 11.6. The van der Waals surface area contributed by atoms with Crippen LogP contribution in [-0.4, -0.2) is 51.8 Å². The molecule has 9 nitrogen and oxygen atoms in total. The average Bonchev–Trinajstić information content (AvgIpc) is 3.17. The Balaban J connectivity index is 1.80. The van der Waals surface area contributed by atoms with Crippen LogP contribution < -0.4 is 16.0 Å². The van der Waals surface area contributed by atoms with E-state index < -0.39 is 11.7 Å². The molecule has 0 saturated carbocycles. The van der Waals surface area contributed by atoms with E-state index in [9.17, 15) is 4.79 Å². The summed E-state index contributed by atoms with van der Waals surface area (Å²) >= 11 is 0. The molecule has 0 unspecified atom stereocenters. The van der Waals surface area contributed by atoms with Crippen LogP contribution in [0.2, 0.25) is 0 Å². The number of guanidine groups is 1. The number of hydrogen-bond donors (Lipinski definition) is 3. The fourth-order valence-electron chi connectivity index (χ4n) is 2.23. The third-order valence-corrected chi connectivity index (χ3v) is 3.43. The van der Waals surface area contributed by atoms with Gasteiger partial charge in [-0.05, 0) is 39.3 Å². The number of carbonyl (C=O) groups excluding carboxylic acids is 1. The summed E-state index contributed by atoms with van der Waals surface area (Å²) in [6, 6.07) is 3.91. The zero-order valence-electron chi connectivity index (χ0n) is 16.9. The molecule has 0 saturated heterocycles. The number of pyridine rings is 1. The van der Waals surface area contributed by atoms with Gasteiger partial charge in [0.2, 0.25) is 0 Å². The zero-order valence-corrected chi connectivity index (χ0v) is 16.9. The molecular weight excluding hydrogens is 358 g/mol. The Bertz CT molecular complexity index is 750. The molecule has 2 rings (SSSR count). The van der Waals surface area contributed by atoms with E-state index >= 15 is 0 Å². The van der Waals surface area contributed by atoms with E-state index in [2.05, 4.69) is 30.9 Å². The molecule has 1 amide bonds. The highest BCUT2D eigenvalue weighted by Gasteiger charge is 2.15. The van der Waals surface area contributed by atoms with Crippen LogP contribution >= 0.6 is 0 Å². The summed E-state index contributed by atoms with van der Waals surface area (Å²) in [7, 11) is 0. The summed E-state index contributed by atoms with van der Waals surface area (Å²) in [5, 5.41) is 9.06. The minimum atomic E-state index is -0.505. The van der Waals surface area contributed by atoms with E-state index in [1.165, 1.54) is 0 Å². The smallest absolute Gasteiger partial charge is 0.407 e. The lowest BCUT2D eigenvalue weighted by atomic mass is 10.2. The number of alkyl carbamates (subject to hydrolysis) is 1. The van der Waals surface area contributed by atoms with Gasteiger partial charge in [0, 0.05) is 38.2 Å². The van der Waals surface area contributed by atoms with E-state index in [4.69, 9.17) is 4.74 Å². The lowest BCUT2D eigenvalue weighted by Gasteiger charge is -2.19. The zero-order chi connectivity index (χ0) is 20.4. The Labute approximate surface area is 165 Å². The number of ether oxygens (including phenoxy) is 1. The molecule has 0 aromatic carbocycles. The lowest BCUT2D eigenvalue weighted by Crippen LogP contribution is -2.42. The van der Waals surface area contributed by atoms with E-state index in [0.29, 0.717) is 25.6 Å². The van der Waals surface area contributed by atoms with Crippen LogP contribution in [0.15, 0.2) is 42.0 Å². The molecule has 0 atom stereocenters. The summed E-state index contributed by atoms with van der Waals surface area (Å²) in [6.07, 6.45) is 6.63. The summed E-state index contributed by atoms with van der Waals surface area (Å²) in [6.45, 7) is 9.68. The second kappa shape index (κ2) is 10.3. The maximum Gasteiger partial charge on any atom is 0.407 e. The van der Waals surface area contributed by atoms with Gasteiger partial charge in [-0.15, -0.1) is 0 Å². The summed E-state index contributed by atoms with van der Waals surface area (Å²) in [4.78, 5) is 24.6. The Hall–Kier alpha value is -3.10. The lowest BCUT2D eigenvalue weighted by molar-refractivity contribution is 0.0529. The van der Waals surface area contributed by atoms with Crippen LogP contribution in [0.5, 0.6) is 0 Å². The van der Waals surface area contributed by atoms with Crippen LogP contribution in [0.25, 0.3) is 5.82 Å². The highest BCUT2D eigenvalue weighted by molar-refractivity contribution is 5.79. The third-order valence-electron chi connectivity index (χ3n) is 3.43. The summed E-state index contributed by atoms with van der Waals surface area (Å²) < 4.78 is 7.04. The number of rotatable bonds is 7. The molecule has 28 heavy (non-hydrogen) atoms. The van der Waals surface area contributed by atoms with Crippen LogP contribution in [0, 0.1) is 0 Å². The molecule has 0 fully saturated rings. The van der Waals surface area contributed by atoms with Gasteiger partial charge in [0.1, 0.15) is 17.7 Å². The molecule has 0 aliphatic carbocycles. The molecule has 0 radical (unpaired) electrons. The number of amides is 1. The summed E-state index contributed by atoms with van der Waals surface area (Å²) in [5.74, 6) is 1.48. The predicted molar refractivity (Wildman–Crippen MR) is 108 cm³/mol. The van der Waals surface area contributed by atoms with Gasteiger partial charge in [0.05, 0.1) is 6.54 Å². The van der Waals surface area contributed by atoms with Crippen LogP contribution in [0.1, 0.15) is 33.3 Å². The Morgan fingerprint density at radius 3 is 2.61 bits per heavy atom. The van der Waals surface area contributed by atoms with Crippen LogP contribution in [0.4, 0.5) is 4.79 Å². The van der Waals surface area contributed by atoms with Crippen molar-refractivity contribution in [3.63, 3.8) is 0 Å². The number of aliphatic imine (C=N–C) groups is 1. The van der Waals surface area contributed by atoms with Gasteiger partial charge >= 0.3 is 6.09 Å². The second-order valence-electron chi connectivity index (χ2n) is 7.05. The third kappa shape index (κ3) is 7.65. The molecule has 0 aliphatic heterocycles. The highest BCUT2D eigenvalue weighted by Crippen LogP contribution is 2.07. The average molecular weight is 387 g/mol. The van der Waals surface area contributed by atoms with E-state index in [0.717, 1.165) is 17.9 Å². The molecular formula is C19H29N7O2. The Morgan fingerprint density at radius 1 is 1.21 bits per heavy atom. The van der Waals surface area contributed by atoms with Gasteiger partial charge in [-0.25, -0.2) is 19.8 Å². The van der Waals surface area contributed by atoms with E-state index in [1.807, 2.05) is 50.6 Å². The normalized spacial score (nSPS) is 11.8. The molecule has 0 aliphatic rings. The minimum absolute atomic E-state index is 0.430. The fraction of sp³-hybridized carbons (Fsp3) is 0.474. The van der Waals surface area contributed by atoms with Crippen molar-refractivity contribution in [1.29, 1.82) is 0 Å². The molecule has 3 N–H and O–H groups in total. The number of nitrogens with one attached hydrogen (secondary N) is 3. The highest BCUT2D eigenvalue weighted by atomic mass is 16.6. The fourth-order valence-corrected chi connectivity index (χ4v) is 2.23. The van der Waals surface area contributed by atoms with Crippen molar-refractivity contribution < 1.29 is 9.53 Å². The number of imidazole rings is 1. The second-order valence-corrected chi connectivity index (χ2v) is 7.05. The quantitative estimate of drug-likeness (QED) is 0.380. The van der Waals surface area contributed by atoms with Crippen LogP contribution in [0.3, 0.4) is 0 Å². The largest absolute Gasteiger partial charge is 0.444 e. The maximum absolute atomic E-state index is 11.6. The number of carbonyl (C=O) groups is 1. The Kier molecular flexibility index (Phi) is 7.79. The van der Waals surface area contributed by atoms with Crippen LogP contribution in [-0.2, 0) is 11.3 Å². The van der Waals surface area contributed by atoms with Gasteiger partial charge in [-0.2, -0.15) is 0 Å². The van der Waals surface area contributed by atoms with Gasteiger partial charge in [0.25, 0.3) is 0 Å². The number of nitrogens with zero attached hydrogens (tertiary/aromatic N) is 4. The first-order valence-corrected chi connectivity index (χ1v) is 9.29. The monoisotopic (exact) mass is 387 g/mol. The van der Waals surface area contributed by atoms with Crippen molar-refractivity contribution in [1.82, 2.24) is 30.5 Å². The van der Waals surface area contributed by atoms with Gasteiger partial charge in [-0.3, -0.25) is 4.57 Å². The standard InChI is InChI=1S/C19H29N7O2/c1-5-21-17(22-8-9-23-18(27)28-19(2,3)4)25-13-15-6-7-16(24-12-15)26-11-10-20-14-26/h6-7,10-12,14H,5,8-9,13H2,1-4H3,(H,23,27)(H2,21,22,25). The van der Waals surface area contributed by atoms with Gasteiger partial charge in [0.15, 0.2) is 5.96 Å². The van der Waals surface area contributed by atoms with Gasteiger partial charge < -0.3 is 20.7 Å².